The molecule has 0 saturated carbocycles. The van der Waals surface area contributed by atoms with E-state index in [-0.39, 0.29) is 11.9 Å². The van der Waals surface area contributed by atoms with Crippen molar-refractivity contribution in [2.24, 2.45) is 0 Å². The van der Waals surface area contributed by atoms with Gasteiger partial charge in [0.2, 0.25) is 5.91 Å². The lowest BCUT2D eigenvalue weighted by Gasteiger charge is -2.37. The monoisotopic (exact) mass is 248 g/mol. The van der Waals surface area contributed by atoms with Gasteiger partial charge in [-0.3, -0.25) is 4.79 Å². The highest BCUT2D eigenvalue weighted by atomic mass is 16.2. The number of rotatable bonds is 2. The largest absolute Gasteiger partial charge is 0.347 e. The lowest BCUT2D eigenvalue weighted by Crippen LogP contribution is -2.58. The van der Waals surface area contributed by atoms with Gasteiger partial charge >= 0.3 is 0 Å². The Morgan fingerprint density at radius 3 is 2.94 bits per heavy atom. The van der Waals surface area contributed by atoms with E-state index in [2.05, 4.69) is 15.2 Å². The number of aromatic nitrogens is 1. The second-order valence-corrected chi connectivity index (χ2v) is 4.78. The van der Waals surface area contributed by atoms with Gasteiger partial charge in [-0.2, -0.15) is 0 Å². The molecule has 1 aliphatic heterocycles. The normalized spacial score (nSPS) is 19.7. The van der Waals surface area contributed by atoms with Crippen molar-refractivity contribution in [3.63, 3.8) is 0 Å². The van der Waals surface area contributed by atoms with Crippen LogP contribution in [-0.4, -0.2) is 55.6 Å². The van der Waals surface area contributed by atoms with Gasteiger partial charge in [0.25, 0.3) is 0 Å². The van der Waals surface area contributed by atoms with Crippen LogP contribution < -0.4 is 10.2 Å². The first-order valence-electron chi connectivity index (χ1n) is 6.22. The fraction of sp³-hybridized carbons (Fsp3) is 0.538. The number of nitrogens with zero attached hydrogens (tertiary/aromatic N) is 3. The minimum absolute atomic E-state index is 0.116. The van der Waals surface area contributed by atoms with E-state index in [4.69, 9.17) is 0 Å². The molecule has 1 atom stereocenters. The molecule has 0 aromatic carbocycles. The minimum Gasteiger partial charge on any atom is -0.347 e. The Labute approximate surface area is 108 Å². The zero-order chi connectivity index (χ0) is 13.1. The van der Waals surface area contributed by atoms with Crippen LogP contribution in [0.1, 0.15) is 5.69 Å². The number of nitrogens with one attached hydrogen (secondary N) is 1. The van der Waals surface area contributed by atoms with E-state index in [1.807, 2.05) is 25.1 Å². The molecule has 2 heterocycles. The van der Waals surface area contributed by atoms with E-state index >= 15 is 0 Å². The average Bonchev–Trinajstić information content (AvgIpc) is 2.38. The van der Waals surface area contributed by atoms with Crippen molar-refractivity contribution in [3.8, 4) is 0 Å². The van der Waals surface area contributed by atoms with Crippen LogP contribution in [0.3, 0.4) is 0 Å². The molecule has 0 radical (unpaired) electrons. The van der Waals surface area contributed by atoms with Crippen LogP contribution in [-0.2, 0) is 4.79 Å². The number of carbonyl (C=O) groups excluding carboxylic acids is 1. The van der Waals surface area contributed by atoms with E-state index in [1.165, 1.54) is 0 Å². The molecule has 0 aliphatic carbocycles. The number of amides is 1. The first-order chi connectivity index (χ1) is 8.59. The quantitative estimate of drug-likeness (QED) is 0.815. The smallest absolute Gasteiger partial charge is 0.246 e. The summed E-state index contributed by atoms with van der Waals surface area (Å²) in [6.07, 6.45) is 0. The summed E-state index contributed by atoms with van der Waals surface area (Å²) >= 11 is 0. The van der Waals surface area contributed by atoms with Gasteiger partial charge in [0.15, 0.2) is 0 Å². The molecule has 0 spiro atoms. The molecule has 0 bridgehead atoms. The van der Waals surface area contributed by atoms with Crippen LogP contribution in [0.15, 0.2) is 18.2 Å². The van der Waals surface area contributed by atoms with Crippen molar-refractivity contribution in [2.45, 2.75) is 13.0 Å². The van der Waals surface area contributed by atoms with Crippen molar-refractivity contribution in [1.82, 2.24) is 15.2 Å². The summed E-state index contributed by atoms with van der Waals surface area (Å²) in [5.74, 6) is 1.00. The molecule has 5 heteroatoms. The number of hydrogen-bond donors (Lipinski definition) is 1. The van der Waals surface area contributed by atoms with Crippen LogP contribution >= 0.6 is 0 Å². The zero-order valence-corrected chi connectivity index (χ0v) is 11.2. The van der Waals surface area contributed by atoms with E-state index in [9.17, 15) is 4.79 Å². The Hall–Kier alpha value is -1.62. The lowest BCUT2D eigenvalue weighted by molar-refractivity contribution is -0.130. The van der Waals surface area contributed by atoms with E-state index in [0.717, 1.165) is 24.6 Å². The number of anilines is 1. The highest BCUT2D eigenvalue weighted by Gasteiger charge is 2.30. The first kappa shape index (κ1) is 12.8. The second-order valence-electron chi connectivity index (χ2n) is 4.78. The topological polar surface area (TPSA) is 48.5 Å². The predicted octanol–water partition coefficient (Wildman–Crippen LogP) is 0.256. The van der Waals surface area contributed by atoms with Gasteiger partial charge in [-0.1, -0.05) is 6.07 Å². The molecular formula is C13H20N4O. The van der Waals surface area contributed by atoms with Crippen molar-refractivity contribution in [3.05, 3.63) is 23.9 Å². The van der Waals surface area contributed by atoms with Gasteiger partial charge in [-0.25, -0.2) is 4.98 Å². The van der Waals surface area contributed by atoms with Gasteiger partial charge in [-0.15, -0.1) is 0 Å². The summed E-state index contributed by atoms with van der Waals surface area (Å²) in [5.41, 5.74) is 0.974. The van der Waals surface area contributed by atoms with Crippen molar-refractivity contribution >= 4 is 11.7 Å². The Bertz CT molecular complexity index is 433. The molecule has 18 heavy (non-hydrogen) atoms. The molecule has 1 saturated heterocycles. The fourth-order valence-corrected chi connectivity index (χ4v) is 2.19. The summed E-state index contributed by atoms with van der Waals surface area (Å²) in [6, 6.07) is 5.75. The summed E-state index contributed by atoms with van der Waals surface area (Å²) in [7, 11) is 3.58. The van der Waals surface area contributed by atoms with E-state index in [0.29, 0.717) is 6.54 Å². The number of likely N-dealkylation sites (N-methyl/N-ethyl adjacent to an activating group) is 1. The predicted molar refractivity (Wildman–Crippen MR) is 71.7 cm³/mol. The Balaban J connectivity index is 2.25. The van der Waals surface area contributed by atoms with Crippen molar-refractivity contribution in [2.75, 3.05) is 38.6 Å². The maximum atomic E-state index is 12.2. The number of pyridine rings is 1. The summed E-state index contributed by atoms with van der Waals surface area (Å²) < 4.78 is 0. The third kappa shape index (κ3) is 2.61. The number of hydrogen-bond acceptors (Lipinski definition) is 4. The van der Waals surface area contributed by atoms with Crippen molar-refractivity contribution < 1.29 is 4.79 Å². The Morgan fingerprint density at radius 2 is 2.28 bits per heavy atom. The molecule has 2 rings (SSSR count). The van der Waals surface area contributed by atoms with Gasteiger partial charge in [0.05, 0.1) is 0 Å². The number of carbonyl (C=O) groups is 1. The average molecular weight is 248 g/mol. The van der Waals surface area contributed by atoms with Gasteiger partial charge in [0, 0.05) is 39.4 Å². The Kier molecular flexibility index (Phi) is 3.81. The Morgan fingerprint density at radius 1 is 1.50 bits per heavy atom. The minimum atomic E-state index is -0.164. The van der Waals surface area contributed by atoms with Crippen molar-refractivity contribution in [1.29, 1.82) is 0 Å². The molecule has 1 amide bonds. The molecule has 1 N–H and O–H groups in total. The molecular weight excluding hydrogens is 228 g/mol. The van der Waals surface area contributed by atoms with Gasteiger partial charge < -0.3 is 15.1 Å². The molecule has 98 valence electrons. The molecule has 1 aromatic rings. The number of piperazine rings is 1. The molecule has 1 unspecified atom stereocenters. The summed E-state index contributed by atoms with van der Waals surface area (Å²) in [5, 5.41) is 3.27. The van der Waals surface area contributed by atoms with Gasteiger partial charge in [0.1, 0.15) is 11.9 Å². The molecule has 1 aliphatic rings. The SMILES string of the molecule is Cc1cccc(N2CCNCC2C(=O)N(C)C)n1. The maximum Gasteiger partial charge on any atom is 0.246 e. The maximum absolute atomic E-state index is 12.2. The van der Waals surface area contributed by atoms with Gasteiger partial charge in [-0.05, 0) is 19.1 Å². The number of aryl methyl sites for hydroxylation is 1. The van der Waals surface area contributed by atoms with Crippen LogP contribution in [0.2, 0.25) is 0 Å². The van der Waals surface area contributed by atoms with Crippen LogP contribution in [0.25, 0.3) is 0 Å². The highest BCUT2D eigenvalue weighted by Crippen LogP contribution is 2.17. The standard InChI is InChI=1S/C13H20N4O/c1-10-5-4-6-12(15-10)17-8-7-14-9-11(17)13(18)16(2)3/h4-6,11,14H,7-9H2,1-3H3. The third-order valence-corrected chi connectivity index (χ3v) is 3.14. The highest BCUT2D eigenvalue weighted by molar-refractivity contribution is 5.85. The van der Waals surface area contributed by atoms with E-state index < -0.39 is 0 Å². The molecule has 5 nitrogen and oxygen atoms in total. The second kappa shape index (κ2) is 5.35. The van der Waals surface area contributed by atoms with Crippen LogP contribution in [0.5, 0.6) is 0 Å². The summed E-state index contributed by atoms with van der Waals surface area (Å²) in [6.45, 7) is 4.33. The zero-order valence-electron chi connectivity index (χ0n) is 11.2. The first-order valence-corrected chi connectivity index (χ1v) is 6.22. The summed E-state index contributed by atoms with van der Waals surface area (Å²) in [4.78, 5) is 20.4. The van der Waals surface area contributed by atoms with Crippen LogP contribution in [0.4, 0.5) is 5.82 Å². The fourth-order valence-electron chi connectivity index (χ4n) is 2.19. The van der Waals surface area contributed by atoms with Crippen LogP contribution in [0, 0.1) is 6.92 Å². The van der Waals surface area contributed by atoms with E-state index in [1.54, 1.807) is 19.0 Å². The molecule has 1 aromatic heterocycles. The lowest BCUT2D eigenvalue weighted by atomic mass is 10.1. The molecule has 1 fully saturated rings. The third-order valence-electron chi connectivity index (χ3n) is 3.14.